The van der Waals surface area contributed by atoms with Gasteiger partial charge in [0.2, 0.25) is 11.7 Å². The highest BCUT2D eigenvalue weighted by atomic mass is 79.9. The molecule has 0 aliphatic rings. The van der Waals surface area contributed by atoms with Gasteiger partial charge in [-0.2, -0.15) is 10.1 Å². The molecule has 30 heavy (non-hydrogen) atoms. The van der Waals surface area contributed by atoms with Gasteiger partial charge in [-0.05, 0) is 36.4 Å². The molecule has 0 bridgehead atoms. The predicted molar refractivity (Wildman–Crippen MR) is 114 cm³/mol. The zero-order valence-corrected chi connectivity index (χ0v) is 17.8. The van der Waals surface area contributed by atoms with E-state index in [0.29, 0.717) is 28.6 Å². The van der Waals surface area contributed by atoms with Crippen LogP contribution in [-0.4, -0.2) is 34.1 Å². The Balaban J connectivity index is 1.61. The molecule has 0 atom stereocenters. The lowest BCUT2D eigenvalue weighted by molar-refractivity contribution is 0.355. The second-order valence-electron chi connectivity index (χ2n) is 6.31. The lowest BCUT2D eigenvalue weighted by Gasteiger charge is -2.07. The third-order valence-electron chi connectivity index (χ3n) is 4.38. The summed E-state index contributed by atoms with van der Waals surface area (Å²) in [5.41, 5.74) is 1.98. The molecule has 0 saturated heterocycles. The summed E-state index contributed by atoms with van der Waals surface area (Å²) in [5.74, 6) is 1.80. The minimum absolute atomic E-state index is 0.0565. The van der Waals surface area contributed by atoms with Gasteiger partial charge in [0, 0.05) is 21.7 Å². The Hall–Kier alpha value is -3.46. The normalized spacial score (nSPS) is 10.8. The highest BCUT2D eigenvalue weighted by Crippen LogP contribution is 2.31. The van der Waals surface area contributed by atoms with Crippen LogP contribution in [-0.2, 0) is 6.54 Å². The van der Waals surface area contributed by atoms with Crippen LogP contribution in [0.15, 0.2) is 68.4 Å². The summed E-state index contributed by atoms with van der Waals surface area (Å²) >= 11 is 3.44. The van der Waals surface area contributed by atoms with Crippen LogP contribution in [0.4, 0.5) is 0 Å². The Bertz CT molecular complexity index is 1250. The first kappa shape index (κ1) is 19.8. The van der Waals surface area contributed by atoms with Crippen molar-refractivity contribution in [3.05, 3.63) is 75.3 Å². The van der Waals surface area contributed by atoms with E-state index in [1.807, 2.05) is 24.3 Å². The maximum atomic E-state index is 12.3. The molecule has 4 rings (SSSR count). The third kappa shape index (κ3) is 4.11. The second-order valence-corrected chi connectivity index (χ2v) is 7.22. The number of benzene rings is 2. The van der Waals surface area contributed by atoms with E-state index in [1.54, 1.807) is 38.5 Å². The highest BCUT2D eigenvalue weighted by Gasteiger charge is 2.14. The van der Waals surface area contributed by atoms with Crippen molar-refractivity contribution in [1.82, 2.24) is 19.9 Å². The number of ether oxygens (including phenoxy) is 2. The van der Waals surface area contributed by atoms with Gasteiger partial charge in [-0.3, -0.25) is 4.79 Å². The van der Waals surface area contributed by atoms with Crippen LogP contribution in [0.2, 0.25) is 0 Å². The molecule has 0 N–H and O–H groups in total. The van der Waals surface area contributed by atoms with E-state index in [4.69, 9.17) is 14.0 Å². The summed E-state index contributed by atoms with van der Waals surface area (Å²) in [6.45, 7) is 0.0565. The van der Waals surface area contributed by atoms with Crippen LogP contribution in [0, 0.1) is 0 Å². The van der Waals surface area contributed by atoms with Crippen LogP contribution in [0.25, 0.3) is 22.6 Å². The maximum Gasteiger partial charge on any atom is 0.267 e. The smallest absolute Gasteiger partial charge is 0.267 e. The molecule has 8 nitrogen and oxygen atoms in total. The highest BCUT2D eigenvalue weighted by molar-refractivity contribution is 9.10. The molecular weight excluding hydrogens is 452 g/mol. The number of rotatable bonds is 6. The third-order valence-corrected chi connectivity index (χ3v) is 4.88. The number of hydrogen-bond donors (Lipinski definition) is 0. The van der Waals surface area contributed by atoms with Crippen molar-refractivity contribution in [2.45, 2.75) is 6.54 Å². The molecule has 0 aliphatic carbocycles. The minimum Gasteiger partial charge on any atom is -0.493 e. The van der Waals surface area contributed by atoms with Crippen LogP contribution in [0.1, 0.15) is 5.89 Å². The van der Waals surface area contributed by atoms with Crippen molar-refractivity contribution in [2.75, 3.05) is 14.2 Å². The van der Waals surface area contributed by atoms with E-state index >= 15 is 0 Å². The molecule has 0 fully saturated rings. The van der Waals surface area contributed by atoms with E-state index in [0.717, 1.165) is 10.0 Å². The van der Waals surface area contributed by atoms with E-state index < -0.39 is 0 Å². The Morgan fingerprint density at radius 2 is 1.83 bits per heavy atom. The first-order valence-electron chi connectivity index (χ1n) is 8.96. The van der Waals surface area contributed by atoms with Gasteiger partial charge < -0.3 is 14.0 Å². The fraction of sp³-hybridized carbons (Fsp3) is 0.143. The van der Waals surface area contributed by atoms with Crippen molar-refractivity contribution >= 4 is 15.9 Å². The number of methoxy groups -OCH3 is 2. The van der Waals surface area contributed by atoms with Crippen LogP contribution in [0.3, 0.4) is 0 Å². The number of halogens is 1. The minimum atomic E-state index is -0.264. The van der Waals surface area contributed by atoms with Crippen LogP contribution in [0.5, 0.6) is 11.5 Å². The summed E-state index contributed by atoms with van der Waals surface area (Å²) in [5, 5.41) is 8.43. The van der Waals surface area contributed by atoms with E-state index in [2.05, 4.69) is 31.2 Å². The molecule has 2 aromatic carbocycles. The van der Waals surface area contributed by atoms with Crippen molar-refractivity contribution in [3.8, 4) is 34.1 Å². The topological polar surface area (TPSA) is 92.3 Å². The van der Waals surface area contributed by atoms with Crippen molar-refractivity contribution in [2.24, 2.45) is 0 Å². The Kier molecular flexibility index (Phi) is 5.62. The average molecular weight is 469 g/mol. The Morgan fingerprint density at radius 3 is 2.60 bits per heavy atom. The monoisotopic (exact) mass is 468 g/mol. The van der Waals surface area contributed by atoms with E-state index in [1.165, 1.54) is 10.7 Å². The van der Waals surface area contributed by atoms with Gasteiger partial charge in [0.05, 0.1) is 19.9 Å². The average Bonchev–Trinajstić information content (AvgIpc) is 3.23. The first-order valence-corrected chi connectivity index (χ1v) is 9.76. The number of hydrogen-bond acceptors (Lipinski definition) is 7. The van der Waals surface area contributed by atoms with Crippen LogP contribution < -0.4 is 15.0 Å². The molecule has 0 unspecified atom stereocenters. The SMILES string of the molecule is COc1ccc(-c2noc(Cn3nc(-c4cccc(Br)c4)ccc3=O)n2)cc1OC. The standard InChI is InChI=1S/C21H17BrN4O4/c1-28-17-8-6-14(11-18(17)29-2)21-23-19(30-25-21)12-26-20(27)9-7-16(24-26)13-4-3-5-15(22)10-13/h3-11H,12H2,1-2H3. The van der Waals surface area contributed by atoms with Crippen LogP contribution >= 0.6 is 15.9 Å². The van der Waals surface area contributed by atoms with Gasteiger partial charge >= 0.3 is 0 Å². The lowest BCUT2D eigenvalue weighted by atomic mass is 10.1. The zero-order chi connectivity index (χ0) is 21.1. The quantitative estimate of drug-likeness (QED) is 0.424. The van der Waals surface area contributed by atoms with Crippen molar-refractivity contribution in [1.29, 1.82) is 0 Å². The molecular formula is C21H17BrN4O4. The van der Waals surface area contributed by atoms with Gasteiger partial charge in [-0.25, -0.2) is 4.68 Å². The fourth-order valence-electron chi connectivity index (χ4n) is 2.90. The van der Waals surface area contributed by atoms with Crippen molar-refractivity contribution < 1.29 is 14.0 Å². The van der Waals surface area contributed by atoms with Gasteiger partial charge in [0.1, 0.15) is 6.54 Å². The lowest BCUT2D eigenvalue weighted by Crippen LogP contribution is -2.23. The van der Waals surface area contributed by atoms with Gasteiger partial charge in [0.25, 0.3) is 5.56 Å². The summed E-state index contributed by atoms with van der Waals surface area (Å²) in [4.78, 5) is 16.7. The predicted octanol–water partition coefficient (Wildman–Crippen LogP) is 3.79. The second kappa shape index (κ2) is 8.50. The summed E-state index contributed by atoms with van der Waals surface area (Å²) in [6, 6.07) is 16.1. The number of nitrogens with zero attached hydrogens (tertiary/aromatic N) is 4. The summed E-state index contributed by atoms with van der Waals surface area (Å²) in [6.07, 6.45) is 0. The molecule has 0 amide bonds. The largest absolute Gasteiger partial charge is 0.493 e. The zero-order valence-electron chi connectivity index (χ0n) is 16.2. The van der Waals surface area contributed by atoms with Crippen molar-refractivity contribution in [3.63, 3.8) is 0 Å². The molecule has 9 heteroatoms. The molecule has 152 valence electrons. The summed E-state index contributed by atoms with van der Waals surface area (Å²) < 4.78 is 18.1. The molecule has 0 radical (unpaired) electrons. The first-order chi connectivity index (χ1) is 14.6. The molecule has 4 aromatic rings. The fourth-order valence-corrected chi connectivity index (χ4v) is 3.30. The van der Waals surface area contributed by atoms with Gasteiger partial charge in [-0.1, -0.05) is 33.2 Å². The van der Waals surface area contributed by atoms with E-state index in [-0.39, 0.29) is 18.0 Å². The van der Waals surface area contributed by atoms with Gasteiger partial charge in [-0.15, -0.1) is 0 Å². The maximum absolute atomic E-state index is 12.3. The Morgan fingerprint density at radius 1 is 1.00 bits per heavy atom. The van der Waals surface area contributed by atoms with Gasteiger partial charge in [0.15, 0.2) is 11.5 Å². The number of aromatic nitrogens is 4. The molecule has 0 saturated carbocycles. The molecule has 2 heterocycles. The molecule has 2 aromatic heterocycles. The summed E-state index contributed by atoms with van der Waals surface area (Å²) in [7, 11) is 3.12. The Labute approximate surface area is 180 Å². The molecule has 0 spiro atoms. The van der Waals surface area contributed by atoms with E-state index in [9.17, 15) is 4.79 Å². The molecule has 0 aliphatic heterocycles.